The van der Waals surface area contributed by atoms with Gasteiger partial charge in [-0.15, -0.1) is 0 Å². The third-order valence-electron chi connectivity index (χ3n) is 5.05. The summed E-state index contributed by atoms with van der Waals surface area (Å²) in [6, 6.07) is 19.0. The second-order valence-corrected chi connectivity index (χ2v) is 7.44. The number of amides is 1. The van der Waals surface area contributed by atoms with Gasteiger partial charge in [0.15, 0.2) is 11.4 Å². The van der Waals surface area contributed by atoms with Crippen LogP contribution in [0.4, 0.5) is 10.1 Å². The van der Waals surface area contributed by atoms with Gasteiger partial charge in [0.05, 0.1) is 18.7 Å². The lowest BCUT2D eigenvalue weighted by Gasteiger charge is -2.23. The highest BCUT2D eigenvalue weighted by Gasteiger charge is 2.50. The molecule has 0 saturated carbocycles. The Morgan fingerprint density at radius 2 is 1.76 bits per heavy atom. The van der Waals surface area contributed by atoms with Crippen molar-refractivity contribution in [3.8, 4) is 0 Å². The average molecular weight is 410 g/mol. The minimum Gasteiger partial charge on any atom is -0.375 e. The van der Waals surface area contributed by atoms with Gasteiger partial charge in [-0.2, -0.15) is 0 Å². The number of halogens is 2. The Morgan fingerprint density at radius 1 is 1.03 bits per heavy atom. The van der Waals surface area contributed by atoms with Gasteiger partial charge < -0.3 is 10.0 Å². The quantitative estimate of drug-likeness (QED) is 0.632. The van der Waals surface area contributed by atoms with Crippen LogP contribution < -0.4 is 4.90 Å². The first-order valence-electron chi connectivity index (χ1n) is 9.05. The van der Waals surface area contributed by atoms with Crippen LogP contribution in [0.3, 0.4) is 0 Å². The first-order chi connectivity index (χ1) is 13.9. The Bertz CT molecular complexity index is 1100. The summed E-state index contributed by atoms with van der Waals surface area (Å²) in [5, 5.41) is 11.8. The van der Waals surface area contributed by atoms with Crippen LogP contribution in [-0.2, 0) is 16.9 Å². The molecule has 0 fully saturated rings. The Hall–Kier alpha value is -3.02. The normalized spacial score (nSPS) is 18.0. The van der Waals surface area contributed by atoms with Gasteiger partial charge in [-0.1, -0.05) is 41.9 Å². The van der Waals surface area contributed by atoms with E-state index in [0.717, 1.165) is 5.56 Å². The van der Waals surface area contributed by atoms with Crippen LogP contribution in [0.15, 0.2) is 72.8 Å². The Labute approximate surface area is 172 Å². The lowest BCUT2D eigenvalue weighted by atomic mass is 9.88. The van der Waals surface area contributed by atoms with E-state index in [2.05, 4.69) is 0 Å². The van der Waals surface area contributed by atoms with Crippen molar-refractivity contribution in [2.75, 3.05) is 4.90 Å². The van der Waals surface area contributed by atoms with E-state index < -0.39 is 29.5 Å². The van der Waals surface area contributed by atoms with Gasteiger partial charge in [-0.05, 0) is 48.0 Å². The van der Waals surface area contributed by atoms with Crippen molar-refractivity contribution < 1.29 is 19.1 Å². The number of benzene rings is 3. The summed E-state index contributed by atoms with van der Waals surface area (Å²) in [5.74, 6) is -1.48. The van der Waals surface area contributed by atoms with Crippen LogP contribution in [0.25, 0.3) is 0 Å². The highest BCUT2D eigenvalue weighted by Crippen LogP contribution is 2.43. The van der Waals surface area contributed by atoms with Crippen molar-refractivity contribution in [3.63, 3.8) is 0 Å². The van der Waals surface area contributed by atoms with E-state index in [9.17, 15) is 19.1 Å². The van der Waals surface area contributed by atoms with E-state index in [1.807, 2.05) is 6.07 Å². The summed E-state index contributed by atoms with van der Waals surface area (Å²) in [6.45, 7) is 0.212. The maximum absolute atomic E-state index is 13.2. The molecule has 1 heterocycles. The first kappa shape index (κ1) is 19.3. The molecule has 3 aromatic carbocycles. The maximum atomic E-state index is 13.2. The molecule has 0 unspecified atom stereocenters. The average Bonchev–Trinajstić information content (AvgIpc) is 2.91. The molecule has 0 bridgehead atoms. The molecule has 4 nitrogen and oxygen atoms in total. The second kappa shape index (κ2) is 7.43. The Morgan fingerprint density at radius 3 is 2.48 bits per heavy atom. The molecule has 1 N–H and O–H groups in total. The highest BCUT2D eigenvalue weighted by molar-refractivity contribution is 6.30. The SMILES string of the molecule is O=C(C[C@@]1(O)C(=O)N(Cc2cccc(Cl)c2)c2ccccc21)c1ccc(F)cc1. The molecule has 1 aliphatic rings. The van der Waals surface area contributed by atoms with Gasteiger partial charge in [0.25, 0.3) is 5.91 Å². The Balaban J connectivity index is 1.67. The Kier molecular flexibility index (Phi) is 4.94. The minimum absolute atomic E-state index is 0.212. The monoisotopic (exact) mass is 409 g/mol. The third-order valence-corrected chi connectivity index (χ3v) is 5.29. The van der Waals surface area contributed by atoms with Crippen molar-refractivity contribution in [1.29, 1.82) is 0 Å². The number of carbonyl (C=O) groups is 2. The molecule has 0 aliphatic carbocycles. The highest BCUT2D eigenvalue weighted by atomic mass is 35.5. The molecule has 29 heavy (non-hydrogen) atoms. The third kappa shape index (κ3) is 3.55. The van der Waals surface area contributed by atoms with Crippen molar-refractivity contribution >= 4 is 29.0 Å². The number of aliphatic hydroxyl groups is 1. The molecule has 0 aromatic heterocycles. The van der Waals surface area contributed by atoms with Crippen molar-refractivity contribution in [2.24, 2.45) is 0 Å². The van der Waals surface area contributed by atoms with E-state index in [0.29, 0.717) is 16.3 Å². The summed E-state index contributed by atoms with van der Waals surface area (Å²) in [7, 11) is 0. The summed E-state index contributed by atoms with van der Waals surface area (Å²) in [4.78, 5) is 27.4. The summed E-state index contributed by atoms with van der Waals surface area (Å²) < 4.78 is 13.1. The van der Waals surface area contributed by atoms with E-state index in [1.54, 1.807) is 42.5 Å². The summed E-state index contributed by atoms with van der Waals surface area (Å²) in [5.41, 5.74) is -0.0248. The fraction of sp³-hybridized carbons (Fsp3) is 0.130. The zero-order valence-corrected chi connectivity index (χ0v) is 16.1. The number of para-hydroxylation sites is 1. The van der Waals surface area contributed by atoms with Crippen LogP contribution in [-0.4, -0.2) is 16.8 Å². The lowest BCUT2D eigenvalue weighted by Crippen LogP contribution is -2.41. The van der Waals surface area contributed by atoms with Gasteiger partial charge in [-0.25, -0.2) is 4.39 Å². The molecular formula is C23H17ClFNO3. The maximum Gasteiger partial charge on any atom is 0.264 e. The summed E-state index contributed by atoms with van der Waals surface area (Å²) >= 11 is 6.05. The van der Waals surface area contributed by atoms with Crippen molar-refractivity contribution in [1.82, 2.24) is 0 Å². The molecule has 1 aliphatic heterocycles. The van der Waals surface area contributed by atoms with E-state index in [1.165, 1.54) is 29.2 Å². The molecule has 0 saturated heterocycles. The number of fused-ring (bicyclic) bond motifs is 1. The second-order valence-electron chi connectivity index (χ2n) is 7.01. The molecule has 0 radical (unpaired) electrons. The van der Waals surface area contributed by atoms with Crippen LogP contribution in [0.2, 0.25) is 5.02 Å². The number of hydrogen-bond acceptors (Lipinski definition) is 3. The van der Waals surface area contributed by atoms with E-state index >= 15 is 0 Å². The van der Waals surface area contributed by atoms with Crippen LogP contribution in [0.1, 0.15) is 27.9 Å². The predicted molar refractivity (Wildman–Crippen MR) is 108 cm³/mol. The van der Waals surface area contributed by atoms with Gasteiger partial charge in [0.1, 0.15) is 5.82 Å². The van der Waals surface area contributed by atoms with Crippen LogP contribution >= 0.6 is 11.6 Å². The zero-order chi connectivity index (χ0) is 20.6. The van der Waals surface area contributed by atoms with E-state index in [-0.39, 0.29) is 12.1 Å². The number of hydrogen-bond donors (Lipinski definition) is 1. The van der Waals surface area contributed by atoms with Crippen LogP contribution in [0, 0.1) is 5.82 Å². The molecule has 146 valence electrons. The first-order valence-corrected chi connectivity index (χ1v) is 9.43. The molecule has 4 rings (SSSR count). The number of nitrogens with zero attached hydrogens (tertiary/aromatic N) is 1. The van der Waals surface area contributed by atoms with Gasteiger partial charge in [0, 0.05) is 16.1 Å². The minimum atomic E-state index is -1.99. The number of anilines is 1. The number of Topliss-reactive ketones (excluding diaryl/α,β-unsaturated/α-hetero) is 1. The fourth-order valence-corrected chi connectivity index (χ4v) is 3.84. The largest absolute Gasteiger partial charge is 0.375 e. The number of ketones is 1. The molecule has 6 heteroatoms. The summed E-state index contributed by atoms with van der Waals surface area (Å²) in [6.07, 6.45) is -0.430. The topological polar surface area (TPSA) is 57.6 Å². The van der Waals surface area contributed by atoms with Gasteiger partial charge >= 0.3 is 0 Å². The standard InChI is InChI=1S/C23H17ClFNO3/c24-17-5-3-4-15(12-17)14-26-20-7-2-1-6-19(20)23(29,22(26)28)13-21(27)16-8-10-18(25)11-9-16/h1-12,29H,13-14H2/t23-/m0/s1. The number of rotatable bonds is 5. The molecular weight excluding hydrogens is 393 g/mol. The lowest BCUT2D eigenvalue weighted by molar-refractivity contribution is -0.136. The number of carbonyl (C=O) groups excluding carboxylic acids is 2. The molecule has 1 atom stereocenters. The smallest absolute Gasteiger partial charge is 0.264 e. The predicted octanol–water partition coefficient (Wildman–Crippen LogP) is 4.49. The zero-order valence-electron chi connectivity index (χ0n) is 15.3. The van der Waals surface area contributed by atoms with Crippen molar-refractivity contribution in [2.45, 2.75) is 18.6 Å². The van der Waals surface area contributed by atoms with E-state index in [4.69, 9.17) is 11.6 Å². The molecule has 1 amide bonds. The fourth-order valence-electron chi connectivity index (χ4n) is 3.62. The molecule has 3 aromatic rings. The van der Waals surface area contributed by atoms with Crippen molar-refractivity contribution in [3.05, 3.63) is 100 Å². The van der Waals surface area contributed by atoms with Crippen LogP contribution in [0.5, 0.6) is 0 Å². The molecule has 0 spiro atoms. The van der Waals surface area contributed by atoms with Gasteiger partial charge in [0.2, 0.25) is 0 Å². The van der Waals surface area contributed by atoms with Gasteiger partial charge in [-0.3, -0.25) is 9.59 Å².